The van der Waals surface area contributed by atoms with E-state index in [4.69, 9.17) is 5.73 Å². The monoisotopic (exact) mass is 280 g/mol. The van der Waals surface area contributed by atoms with Crippen LogP contribution in [-0.2, 0) is 13.0 Å². The fourth-order valence-electron chi connectivity index (χ4n) is 3.37. The van der Waals surface area contributed by atoms with E-state index in [9.17, 15) is 0 Å². The maximum atomic E-state index is 6.12. The summed E-state index contributed by atoms with van der Waals surface area (Å²) in [7, 11) is 0. The van der Waals surface area contributed by atoms with E-state index in [2.05, 4.69) is 60.4 Å². The Labute approximate surface area is 127 Å². The Morgan fingerprint density at radius 2 is 1.90 bits per heavy atom. The Kier molecular flexibility index (Phi) is 4.37. The molecule has 1 unspecified atom stereocenters. The predicted molar refractivity (Wildman–Crippen MR) is 88.1 cm³/mol. The van der Waals surface area contributed by atoms with Crippen LogP contribution in [0.3, 0.4) is 0 Å². The van der Waals surface area contributed by atoms with Crippen LogP contribution in [0.15, 0.2) is 48.5 Å². The molecule has 0 aliphatic carbocycles. The summed E-state index contributed by atoms with van der Waals surface area (Å²) in [6.07, 6.45) is 2.39. The number of rotatable bonds is 3. The van der Waals surface area contributed by atoms with Crippen LogP contribution in [0.2, 0.25) is 0 Å². The second-order valence-electron chi connectivity index (χ2n) is 6.01. The van der Waals surface area contributed by atoms with Crippen LogP contribution in [0.4, 0.5) is 0 Å². The van der Waals surface area contributed by atoms with Crippen molar-refractivity contribution in [2.75, 3.05) is 13.1 Å². The minimum atomic E-state index is 0.316. The fourth-order valence-corrected chi connectivity index (χ4v) is 3.37. The molecule has 2 nitrogen and oxygen atoms in total. The zero-order chi connectivity index (χ0) is 14.7. The van der Waals surface area contributed by atoms with E-state index < -0.39 is 0 Å². The molecule has 0 radical (unpaired) electrons. The van der Waals surface area contributed by atoms with E-state index in [1.807, 2.05) is 0 Å². The van der Waals surface area contributed by atoms with Gasteiger partial charge in [0.15, 0.2) is 0 Å². The second kappa shape index (κ2) is 6.42. The molecule has 0 bridgehead atoms. The van der Waals surface area contributed by atoms with Crippen LogP contribution in [0.25, 0.3) is 0 Å². The van der Waals surface area contributed by atoms with Gasteiger partial charge < -0.3 is 5.73 Å². The van der Waals surface area contributed by atoms with Gasteiger partial charge in [0.2, 0.25) is 0 Å². The largest absolute Gasteiger partial charge is 0.329 e. The van der Waals surface area contributed by atoms with Gasteiger partial charge >= 0.3 is 0 Å². The van der Waals surface area contributed by atoms with Crippen LogP contribution in [0.5, 0.6) is 0 Å². The van der Waals surface area contributed by atoms with E-state index in [0.717, 1.165) is 13.1 Å². The van der Waals surface area contributed by atoms with Crippen LogP contribution in [0, 0.1) is 6.92 Å². The molecule has 2 heteroatoms. The molecule has 0 aromatic heterocycles. The first kappa shape index (κ1) is 14.3. The standard InChI is InChI=1S/C19H24N2/c1-15-6-4-9-17(12-15)19(13-20)21-11-5-10-16-7-2-3-8-18(16)14-21/h2-4,6-9,12,19H,5,10-11,13-14,20H2,1H3. The van der Waals surface area contributed by atoms with Crippen LogP contribution < -0.4 is 5.73 Å². The van der Waals surface area contributed by atoms with E-state index >= 15 is 0 Å². The number of benzene rings is 2. The maximum Gasteiger partial charge on any atom is 0.0474 e. The molecule has 1 aliphatic rings. The molecule has 2 aromatic rings. The normalized spacial score (nSPS) is 17.0. The summed E-state index contributed by atoms with van der Waals surface area (Å²) in [4.78, 5) is 2.54. The van der Waals surface area contributed by atoms with Gasteiger partial charge in [-0.05, 0) is 43.0 Å². The summed E-state index contributed by atoms with van der Waals surface area (Å²) in [6.45, 7) is 4.94. The lowest BCUT2D eigenvalue weighted by molar-refractivity contribution is 0.195. The molecule has 0 saturated heterocycles. The Bertz CT molecular complexity index is 606. The number of nitrogens with two attached hydrogens (primary N) is 1. The van der Waals surface area contributed by atoms with Crippen LogP contribution in [-0.4, -0.2) is 18.0 Å². The molecule has 2 aromatic carbocycles. The first-order chi connectivity index (χ1) is 10.3. The molecule has 0 fully saturated rings. The Balaban J connectivity index is 1.88. The smallest absolute Gasteiger partial charge is 0.0474 e. The quantitative estimate of drug-likeness (QED) is 0.933. The van der Waals surface area contributed by atoms with E-state index in [0.29, 0.717) is 12.6 Å². The van der Waals surface area contributed by atoms with Crippen molar-refractivity contribution in [3.63, 3.8) is 0 Å². The van der Waals surface area contributed by atoms with Crippen LogP contribution in [0.1, 0.15) is 34.7 Å². The van der Waals surface area contributed by atoms with Gasteiger partial charge in [-0.1, -0.05) is 54.1 Å². The third-order valence-corrected chi connectivity index (χ3v) is 4.47. The van der Waals surface area contributed by atoms with Crippen molar-refractivity contribution in [1.82, 2.24) is 4.90 Å². The third kappa shape index (κ3) is 3.17. The summed E-state index contributed by atoms with van der Waals surface area (Å²) >= 11 is 0. The van der Waals surface area contributed by atoms with Crippen molar-refractivity contribution >= 4 is 0 Å². The molecule has 2 N–H and O–H groups in total. The summed E-state index contributed by atoms with van der Waals surface area (Å²) < 4.78 is 0. The lowest BCUT2D eigenvalue weighted by Crippen LogP contribution is -2.33. The number of aryl methyl sites for hydroxylation is 2. The topological polar surface area (TPSA) is 29.3 Å². The van der Waals surface area contributed by atoms with Crippen LogP contribution >= 0.6 is 0 Å². The number of hydrogen-bond acceptors (Lipinski definition) is 2. The molecule has 1 atom stereocenters. The van der Waals surface area contributed by atoms with Crippen molar-refractivity contribution in [2.45, 2.75) is 32.4 Å². The maximum absolute atomic E-state index is 6.12. The summed E-state index contributed by atoms with van der Waals surface area (Å²) in [5, 5.41) is 0. The minimum absolute atomic E-state index is 0.316. The first-order valence-corrected chi connectivity index (χ1v) is 7.85. The summed E-state index contributed by atoms with van der Waals surface area (Å²) in [6, 6.07) is 17.9. The van der Waals surface area contributed by atoms with E-state index in [-0.39, 0.29) is 0 Å². The molecular weight excluding hydrogens is 256 g/mol. The first-order valence-electron chi connectivity index (χ1n) is 7.85. The Hall–Kier alpha value is -1.64. The number of fused-ring (bicyclic) bond motifs is 1. The molecule has 0 spiro atoms. The Morgan fingerprint density at radius 3 is 2.67 bits per heavy atom. The van der Waals surface area contributed by atoms with Gasteiger partial charge in [-0.3, -0.25) is 4.90 Å². The van der Waals surface area contributed by atoms with Gasteiger partial charge in [0.1, 0.15) is 0 Å². The van der Waals surface area contributed by atoms with Gasteiger partial charge in [-0.15, -0.1) is 0 Å². The lowest BCUT2D eigenvalue weighted by atomic mass is 10.0. The third-order valence-electron chi connectivity index (χ3n) is 4.47. The average molecular weight is 280 g/mol. The lowest BCUT2D eigenvalue weighted by Gasteiger charge is -2.30. The van der Waals surface area contributed by atoms with Crippen molar-refractivity contribution < 1.29 is 0 Å². The summed E-state index contributed by atoms with van der Waals surface area (Å²) in [5.74, 6) is 0. The molecule has 0 saturated carbocycles. The van der Waals surface area contributed by atoms with Gasteiger partial charge in [0.05, 0.1) is 0 Å². The minimum Gasteiger partial charge on any atom is -0.329 e. The van der Waals surface area contributed by atoms with E-state index in [1.165, 1.54) is 35.1 Å². The van der Waals surface area contributed by atoms with Gasteiger partial charge in [-0.25, -0.2) is 0 Å². The van der Waals surface area contributed by atoms with Crippen molar-refractivity contribution in [1.29, 1.82) is 0 Å². The highest BCUT2D eigenvalue weighted by atomic mass is 15.2. The van der Waals surface area contributed by atoms with Crippen molar-refractivity contribution in [2.24, 2.45) is 5.73 Å². The SMILES string of the molecule is Cc1cccc(C(CN)N2CCCc3ccccc3C2)c1. The number of hydrogen-bond donors (Lipinski definition) is 1. The molecule has 1 heterocycles. The van der Waals surface area contributed by atoms with Crippen molar-refractivity contribution in [3.8, 4) is 0 Å². The summed E-state index contributed by atoms with van der Waals surface area (Å²) in [5.41, 5.74) is 11.7. The molecule has 1 aliphatic heterocycles. The molecular formula is C19H24N2. The zero-order valence-electron chi connectivity index (χ0n) is 12.8. The molecule has 0 amide bonds. The predicted octanol–water partition coefficient (Wildman–Crippen LogP) is 3.44. The van der Waals surface area contributed by atoms with Gasteiger partial charge in [0.25, 0.3) is 0 Å². The Morgan fingerprint density at radius 1 is 1.10 bits per heavy atom. The highest BCUT2D eigenvalue weighted by molar-refractivity contribution is 5.30. The highest BCUT2D eigenvalue weighted by Crippen LogP contribution is 2.27. The highest BCUT2D eigenvalue weighted by Gasteiger charge is 2.22. The molecule has 3 rings (SSSR count). The average Bonchev–Trinajstić information content (AvgIpc) is 2.70. The number of nitrogens with zero attached hydrogens (tertiary/aromatic N) is 1. The molecule has 21 heavy (non-hydrogen) atoms. The fraction of sp³-hybridized carbons (Fsp3) is 0.368. The molecule has 110 valence electrons. The second-order valence-corrected chi connectivity index (χ2v) is 6.01. The van der Waals surface area contributed by atoms with Gasteiger partial charge in [-0.2, -0.15) is 0 Å². The van der Waals surface area contributed by atoms with E-state index in [1.54, 1.807) is 0 Å². The van der Waals surface area contributed by atoms with Crippen molar-refractivity contribution in [3.05, 3.63) is 70.8 Å². The zero-order valence-corrected chi connectivity index (χ0v) is 12.8. The van der Waals surface area contributed by atoms with Gasteiger partial charge in [0, 0.05) is 19.1 Å².